The lowest BCUT2D eigenvalue weighted by molar-refractivity contribution is -0.385. The molecule has 0 bridgehead atoms. The lowest BCUT2D eigenvalue weighted by Crippen LogP contribution is -2.21. The second-order valence-corrected chi connectivity index (χ2v) is 5.42. The smallest absolute Gasteiger partial charge is 0.310 e. The maximum absolute atomic E-state index is 11.0. The first-order valence-electron chi connectivity index (χ1n) is 7.07. The number of ether oxygens (including phenoxy) is 1. The Balaban J connectivity index is 2.85. The zero-order chi connectivity index (χ0) is 15.1. The van der Waals surface area contributed by atoms with Gasteiger partial charge in [0.15, 0.2) is 5.75 Å². The highest BCUT2D eigenvalue weighted by Crippen LogP contribution is 2.28. The van der Waals surface area contributed by atoms with Gasteiger partial charge in [0.25, 0.3) is 0 Å². The van der Waals surface area contributed by atoms with E-state index in [0.29, 0.717) is 30.9 Å². The summed E-state index contributed by atoms with van der Waals surface area (Å²) in [5.74, 6) is 0.741. The Bertz CT molecular complexity index is 447. The van der Waals surface area contributed by atoms with Gasteiger partial charge in [-0.15, -0.1) is 0 Å². The molecule has 112 valence electrons. The molecule has 1 atom stereocenters. The maximum atomic E-state index is 11.0. The molecule has 0 fully saturated rings. The number of benzene rings is 1. The van der Waals surface area contributed by atoms with Crippen LogP contribution in [0.15, 0.2) is 18.2 Å². The van der Waals surface area contributed by atoms with E-state index in [1.54, 1.807) is 12.1 Å². The lowest BCUT2D eigenvalue weighted by atomic mass is 10.1. The fourth-order valence-corrected chi connectivity index (χ4v) is 1.61. The van der Waals surface area contributed by atoms with Gasteiger partial charge in [0.05, 0.1) is 11.5 Å². The molecule has 0 heterocycles. The Morgan fingerprint density at radius 3 is 2.60 bits per heavy atom. The van der Waals surface area contributed by atoms with Crippen molar-refractivity contribution in [3.63, 3.8) is 0 Å². The number of nitro groups is 1. The standard InChI is InChI=1S/C15H24N2O3/c1-5-12(4)10-20-15-8-13(9-16-11(2)3)6-7-14(15)17(18)19/h6-8,11-12,16H,5,9-10H2,1-4H3. The second kappa shape index (κ2) is 7.85. The predicted octanol–water partition coefficient (Wildman–Crippen LogP) is 3.52. The molecule has 20 heavy (non-hydrogen) atoms. The highest BCUT2D eigenvalue weighted by Gasteiger charge is 2.16. The highest BCUT2D eigenvalue weighted by atomic mass is 16.6. The van der Waals surface area contributed by atoms with E-state index in [1.807, 2.05) is 0 Å². The summed E-state index contributed by atoms with van der Waals surface area (Å²) in [5.41, 5.74) is 1.02. The van der Waals surface area contributed by atoms with Crippen LogP contribution in [-0.2, 0) is 6.54 Å². The summed E-state index contributed by atoms with van der Waals surface area (Å²) < 4.78 is 5.63. The van der Waals surface area contributed by atoms with Gasteiger partial charge in [-0.25, -0.2) is 0 Å². The Labute approximate surface area is 120 Å². The van der Waals surface area contributed by atoms with Gasteiger partial charge in [-0.1, -0.05) is 40.2 Å². The molecule has 1 N–H and O–H groups in total. The minimum atomic E-state index is -0.397. The second-order valence-electron chi connectivity index (χ2n) is 5.42. The molecular weight excluding hydrogens is 256 g/mol. The van der Waals surface area contributed by atoms with Crippen LogP contribution in [0.2, 0.25) is 0 Å². The molecule has 1 aromatic rings. The van der Waals surface area contributed by atoms with Gasteiger partial charge in [0.1, 0.15) is 0 Å². The van der Waals surface area contributed by atoms with Crippen molar-refractivity contribution in [2.75, 3.05) is 6.61 Å². The number of nitrogens with one attached hydrogen (secondary N) is 1. The van der Waals surface area contributed by atoms with Gasteiger partial charge < -0.3 is 10.1 Å². The van der Waals surface area contributed by atoms with Crippen LogP contribution < -0.4 is 10.1 Å². The monoisotopic (exact) mass is 280 g/mol. The summed E-state index contributed by atoms with van der Waals surface area (Å²) in [5, 5.41) is 14.3. The van der Waals surface area contributed by atoms with Crippen molar-refractivity contribution in [1.29, 1.82) is 0 Å². The third-order valence-corrected chi connectivity index (χ3v) is 3.16. The van der Waals surface area contributed by atoms with Gasteiger partial charge in [-0.05, 0) is 17.5 Å². The fraction of sp³-hybridized carbons (Fsp3) is 0.600. The first-order chi connectivity index (χ1) is 9.43. The minimum absolute atomic E-state index is 0.0293. The van der Waals surface area contributed by atoms with Gasteiger partial charge in [-0.2, -0.15) is 0 Å². The molecule has 0 saturated carbocycles. The normalized spacial score (nSPS) is 12.4. The zero-order valence-electron chi connectivity index (χ0n) is 12.7. The first kappa shape index (κ1) is 16.4. The lowest BCUT2D eigenvalue weighted by Gasteiger charge is -2.13. The number of nitrogens with zero attached hydrogens (tertiary/aromatic N) is 1. The average molecular weight is 280 g/mol. The van der Waals surface area contributed by atoms with Crippen LogP contribution in [0.1, 0.15) is 39.7 Å². The molecule has 0 amide bonds. The van der Waals surface area contributed by atoms with E-state index in [-0.39, 0.29) is 5.69 Å². The third kappa shape index (κ3) is 5.17. The Morgan fingerprint density at radius 2 is 2.05 bits per heavy atom. The van der Waals surface area contributed by atoms with Crippen molar-refractivity contribution in [1.82, 2.24) is 5.32 Å². The molecule has 1 unspecified atom stereocenters. The molecule has 0 aliphatic carbocycles. The molecule has 0 spiro atoms. The summed E-state index contributed by atoms with van der Waals surface area (Å²) in [6, 6.07) is 5.41. The molecule has 1 aromatic carbocycles. The van der Waals surface area contributed by atoms with Gasteiger partial charge in [0, 0.05) is 18.7 Å². The predicted molar refractivity (Wildman–Crippen MR) is 80.0 cm³/mol. The van der Waals surface area contributed by atoms with Crippen LogP contribution in [0.4, 0.5) is 5.69 Å². The van der Waals surface area contributed by atoms with Crippen LogP contribution in [0.5, 0.6) is 5.75 Å². The van der Waals surface area contributed by atoms with E-state index in [4.69, 9.17) is 4.74 Å². The quantitative estimate of drug-likeness (QED) is 0.584. The van der Waals surface area contributed by atoms with Crippen molar-refractivity contribution >= 4 is 5.69 Å². The van der Waals surface area contributed by atoms with Crippen molar-refractivity contribution < 1.29 is 9.66 Å². The van der Waals surface area contributed by atoms with Crippen molar-refractivity contribution in [3.05, 3.63) is 33.9 Å². The largest absolute Gasteiger partial charge is 0.487 e. The Hall–Kier alpha value is -1.62. The zero-order valence-corrected chi connectivity index (χ0v) is 12.7. The molecule has 5 heteroatoms. The van der Waals surface area contributed by atoms with Gasteiger partial charge >= 0.3 is 5.69 Å². The van der Waals surface area contributed by atoms with E-state index in [2.05, 4.69) is 33.0 Å². The number of hydrogen-bond acceptors (Lipinski definition) is 4. The van der Waals surface area contributed by atoms with E-state index in [9.17, 15) is 10.1 Å². The number of hydrogen-bond donors (Lipinski definition) is 1. The van der Waals surface area contributed by atoms with Crippen LogP contribution in [0, 0.1) is 16.0 Å². The molecule has 5 nitrogen and oxygen atoms in total. The van der Waals surface area contributed by atoms with E-state index >= 15 is 0 Å². The van der Waals surface area contributed by atoms with Crippen molar-refractivity contribution in [2.45, 2.75) is 46.7 Å². The van der Waals surface area contributed by atoms with Crippen molar-refractivity contribution in [2.24, 2.45) is 5.92 Å². The number of nitro benzene ring substituents is 1. The molecule has 1 rings (SSSR count). The van der Waals surface area contributed by atoms with Gasteiger partial charge in [0.2, 0.25) is 0 Å². The van der Waals surface area contributed by atoms with E-state index in [1.165, 1.54) is 6.07 Å². The number of rotatable bonds is 8. The van der Waals surface area contributed by atoms with Crippen LogP contribution >= 0.6 is 0 Å². The van der Waals surface area contributed by atoms with Crippen LogP contribution in [0.25, 0.3) is 0 Å². The van der Waals surface area contributed by atoms with Crippen LogP contribution in [0.3, 0.4) is 0 Å². The molecule has 0 saturated heterocycles. The summed E-state index contributed by atoms with van der Waals surface area (Å²) >= 11 is 0. The molecule has 0 aliphatic heterocycles. The summed E-state index contributed by atoms with van der Waals surface area (Å²) in [7, 11) is 0. The van der Waals surface area contributed by atoms with Crippen LogP contribution in [-0.4, -0.2) is 17.6 Å². The van der Waals surface area contributed by atoms with Crippen molar-refractivity contribution in [3.8, 4) is 5.75 Å². The summed E-state index contributed by atoms with van der Waals surface area (Å²) in [4.78, 5) is 10.6. The molecule has 0 aromatic heterocycles. The summed E-state index contributed by atoms with van der Waals surface area (Å²) in [6.07, 6.45) is 0.988. The first-order valence-corrected chi connectivity index (χ1v) is 7.07. The highest BCUT2D eigenvalue weighted by molar-refractivity contribution is 5.48. The molecule has 0 radical (unpaired) electrons. The molecule has 0 aliphatic rings. The third-order valence-electron chi connectivity index (χ3n) is 3.16. The summed E-state index contributed by atoms with van der Waals surface area (Å²) in [6.45, 7) is 9.44. The maximum Gasteiger partial charge on any atom is 0.310 e. The fourth-order valence-electron chi connectivity index (χ4n) is 1.61. The van der Waals surface area contributed by atoms with E-state index in [0.717, 1.165) is 12.0 Å². The van der Waals surface area contributed by atoms with E-state index < -0.39 is 4.92 Å². The minimum Gasteiger partial charge on any atom is -0.487 e. The van der Waals surface area contributed by atoms with Gasteiger partial charge in [-0.3, -0.25) is 10.1 Å². The topological polar surface area (TPSA) is 64.4 Å². The SMILES string of the molecule is CCC(C)COc1cc(CNC(C)C)ccc1[N+](=O)[O-]. The Kier molecular flexibility index (Phi) is 6.45. The Morgan fingerprint density at radius 1 is 1.35 bits per heavy atom. The average Bonchev–Trinajstić information content (AvgIpc) is 2.42. The molecular formula is C15H24N2O3.